The molecule has 2 aromatic heterocycles. The van der Waals surface area contributed by atoms with Crippen LogP contribution in [0.25, 0.3) is 22.2 Å². The van der Waals surface area contributed by atoms with Crippen molar-refractivity contribution in [1.82, 2.24) is 19.9 Å². The lowest BCUT2D eigenvalue weighted by atomic mass is 9.97. The number of aromatic amines is 1. The number of nitrogens with one attached hydrogen (secondary N) is 3. The van der Waals surface area contributed by atoms with E-state index in [1.54, 1.807) is 11.1 Å². The van der Waals surface area contributed by atoms with Gasteiger partial charge < -0.3 is 25.3 Å². The van der Waals surface area contributed by atoms with Crippen molar-refractivity contribution in [2.75, 3.05) is 23.7 Å². The number of halogens is 1. The van der Waals surface area contributed by atoms with E-state index in [0.29, 0.717) is 47.6 Å². The Balaban J connectivity index is 1.27. The fourth-order valence-electron chi connectivity index (χ4n) is 4.62. The summed E-state index contributed by atoms with van der Waals surface area (Å²) < 4.78 is 5.48. The number of anilines is 3. The van der Waals surface area contributed by atoms with Crippen LogP contribution in [0.4, 0.5) is 22.1 Å². The number of carbonyl (C=O) groups excluding carboxylic acids is 2. The monoisotopic (exact) mass is 546 g/mol. The third-order valence-electron chi connectivity index (χ3n) is 6.42. The van der Waals surface area contributed by atoms with Gasteiger partial charge in [-0.05, 0) is 57.9 Å². The van der Waals surface area contributed by atoms with Gasteiger partial charge in [-0.25, -0.2) is 14.8 Å². The normalized spacial score (nSPS) is 15.7. The Morgan fingerprint density at radius 1 is 1.13 bits per heavy atom. The maximum Gasteiger partial charge on any atom is 0.410 e. The SMILES string of the molecule is CC(C)(C)OC(=O)N1CCCC(C(=O)Nc2cccc(Nc3ncc(Cl)c(-c4c[nH]c5ccccc45)n3)c2)C1. The first-order valence-electron chi connectivity index (χ1n) is 12.9. The first-order chi connectivity index (χ1) is 18.7. The lowest BCUT2D eigenvalue weighted by Crippen LogP contribution is -2.45. The van der Waals surface area contributed by atoms with Gasteiger partial charge in [0.15, 0.2) is 0 Å². The molecule has 39 heavy (non-hydrogen) atoms. The number of fused-ring (bicyclic) bond motifs is 1. The summed E-state index contributed by atoms with van der Waals surface area (Å²) in [6.45, 7) is 6.40. The number of ether oxygens (including phenoxy) is 1. The van der Waals surface area contributed by atoms with Crippen LogP contribution in [0.15, 0.2) is 60.9 Å². The molecular weight excluding hydrogens is 516 g/mol. The molecule has 0 spiro atoms. The van der Waals surface area contributed by atoms with Gasteiger partial charge in [-0.15, -0.1) is 0 Å². The van der Waals surface area contributed by atoms with Crippen LogP contribution in [0.3, 0.4) is 0 Å². The topological polar surface area (TPSA) is 112 Å². The van der Waals surface area contributed by atoms with Crippen molar-refractivity contribution in [3.8, 4) is 11.3 Å². The Bertz CT molecular complexity index is 1510. The molecule has 0 radical (unpaired) electrons. The second kappa shape index (κ2) is 10.9. The van der Waals surface area contributed by atoms with E-state index in [-0.39, 0.29) is 17.9 Å². The van der Waals surface area contributed by atoms with Gasteiger partial charge in [-0.1, -0.05) is 35.9 Å². The Hall–Kier alpha value is -4.11. The van der Waals surface area contributed by atoms with Crippen LogP contribution in [0.5, 0.6) is 0 Å². The third-order valence-corrected chi connectivity index (χ3v) is 6.70. The molecule has 202 valence electrons. The molecule has 10 heteroatoms. The maximum absolute atomic E-state index is 13.1. The number of piperidine rings is 1. The van der Waals surface area contributed by atoms with Crippen LogP contribution in [-0.4, -0.2) is 50.5 Å². The van der Waals surface area contributed by atoms with E-state index in [0.717, 1.165) is 22.9 Å². The van der Waals surface area contributed by atoms with Gasteiger partial charge in [0.1, 0.15) is 5.60 Å². The highest BCUT2D eigenvalue weighted by Gasteiger charge is 2.31. The van der Waals surface area contributed by atoms with Crippen molar-refractivity contribution in [3.05, 3.63) is 65.9 Å². The molecular formula is C29H31ClN6O3. The van der Waals surface area contributed by atoms with Crippen molar-refractivity contribution < 1.29 is 14.3 Å². The van der Waals surface area contributed by atoms with Crippen LogP contribution in [-0.2, 0) is 9.53 Å². The Kier molecular flexibility index (Phi) is 7.43. The van der Waals surface area contributed by atoms with Gasteiger partial charge in [0.2, 0.25) is 11.9 Å². The minimum absolute atomic E-state index is 0.134. The highest BCUT2D eigenvalue weighted by molar-refractivity contribution is 6.33. The summed E-state index contributed by atoms with van der Waals surface area (Å²) in [7, 11) is 0. The molecule has 2 aromatic carbocycles. The van der Waals surface area contributed by atoms with Crippen molar-refractivity contribution >= 4 is 51.8 Å². The van der Waals surface area contributed by atoms with Crippen molar-refractivity contribution in [3.63, 3.8) is 0 Å². The van der Waals surface area contributed by atoms with E-state index in [1.807, 2.05) is 75.5 Å². The smallest absolute Gasteiger partial charge is 0.410 e. The predicted octanol–water partition coefficient (Wildman–Crippen LogP) is 6.61. The van der Waals surface area contributed by atoms with Crippen molar-refractivity contribution in [2.24, 2.45) is 5.92 Å². The summed E-state index contributed by atoms with van der Waals surface area (Å²) in [6, 6.07) is 15.3. The quantitative estimate of drug-likeness (QED) is 0.260. The van der Waals surface area contributed by atoms with E-state index < -0.39 is 5.60 Å². The lowest BCUT2D eigenvalue weighted by molar-refractivity contribution is -0.121. The number of aromatic nitrogens is 3. The largest absolute Gasteiger partial charge is 0.444 e. The molecule has 1 aliphatic heterocycles. The van der Waals surface area contributed by atoms with Crippen LogP contribution in [0.2, 0.25) is 5.02 Å². The summed E-state index contributed by atoms with van der Waals surface area (Å²) in [5, 5.41) is 7.65. The highest BCUT2D eigenvalue weighted by Crippen LogP contribution is 2.33. The van der Waals surface area contributed by atoms with Crippen LogP contribution in [0.1, 0.15) is 33.6 Å². The minimum atomic E-state index is -0.580. The molecule has 1 atom stereocenters. The number of amides is 2. The number of rotatable bonds is 5. The van der Waals surface area contributed by atoms with Gasteiger partial charge in [0.05, 0.1) is 22.8 Å². The van der Waals surface area contributed by atoms with Crippen LogP contribution < -0.4 is 10.6 Å². The second-order valence-corrected chi connectivity index (χ2v) is 11.0. The second-order valence-electron chi connectivity index (χ2n) is 10.6. The fraction of sp³-hybridized carbons (Fsp3) is 0.310. The molecule has 3 N–H and O–H groups in total. The average Bonchev–Trinajstić information content (AvgIpc) is 3.33. The summed E-state index contributed by atoms with van der Waals surface area (Å²) >= 11 is 6.46. The number of H-pyrrole nitrogens is 1. The van der Waals surface area contributed by atoms with E-state index in [2.05, 4.69) is 25.6 Å². The molecule has 2 amide bonds. The first-order valence-corrected chi connectivity index (χ1v) is 13.3. The van der Waals surface area contributed by atoms with Gasteiger partial charge in [0, 0.05) is 47.1 Å². The summed E-state index contributed by atoms with van der Waals surface area (Å²) in [6.07, 6.45) is 4.51. The van der Waals surface area contributed by atoms with Crippen LogP contribution in [0, 0.1) is 5.92 Å². The molecule has 9 nitrogen and oxygen atoms in total. The molecule has 3 heterocycles. The molecule has 1 fully saturated rings. The first kappa shape index (κ1) is 26.5. The Morgan fingerprint density at radius 2 is 1.92 bits per heavy atom. The molecule has 1 unspecified atom stereocenters. The zero-order valence-corrected chi connectivity index (χ0v) is 22.9. The van der Waals surface area contributed by atoms with Crippen molar-refractivity contribution in [2.45, 2.75) is 39.2 Å². The number of hydrogen-bond acceptors (Lipinski definition) is 6. The zero-order chi connectivity index (χ0) is 27.6. The summed E-state index contributed by atoms with van der Waals surface area (Å²) in [5.41, 5.74) is 3.25. The van der Waals surface area contributed by atoms with Gasteiger partial charge in [0.25, 0.3) is 0 Å². The lowest BCUT2D eigenvalue weighted by Gasteiger charge is -2.33. The number of benzene rings is 2. The molecule has 5 rings (SSSR count). The van der Waals surface area contributed by atoms with E-state index >= 15 is 0 Å². The summed E-state index contributed by atoms with van der Waals surface area (Å²) in [4.78, 5) is 39.4. The molecule has 1 aliphatic rings. The van der Waals surface area contributed by atoms with Gasteiger partial charge >= 0.3 is 6.09 Å². The average molecular weight is 547 g/mol. The maximum atomic E-state index is 13.1. The molecule has 1 saturated heterocycles. The molecule has 0 bridgehead atoms. The van der Waals surface area contributed by atoms with Crippen LogP contribution >= 0.6 is 11.6 Å². The number of likely N-dealkylation sites (tertiary alicyclic amines) is 1. The fourth-order valence-corrected chi connectivity index (χ4v) is 4.81. The van der Waals surface area contributed by atoms with Crippen molar-refractivity contribution in [1.29, 1.82) is 0 Å². The van der Waals surface area contributed by atoms with Gasteiger partial charge in [-0.3, -0.25) is 4.79 Å². The number of hydrogen-bond donors (Lipinski definition) is 3. The van der Waals surface area contributed by atoms with Gasteiger partial charge in [-0.2, -0.15) is 0 Å². The Labute approximate surface area is 231 Å². The number of carbonyl (C=O) groups is 2. The number of para-hydroxylation sites is 1. The molecule has 0 saturated carbocycles. The Morgan fingerprint density at radius 3 is 2.74 bits per heavy atom. The van der Waals surface area contributed by atoms with E-state index in [1.165, 1.54) is 0 Å². The predicted molar refractivity (Wildman–Crippen MR) is 153 cm³/mol. The number of nitrogens with zero attached hydrogens (tertiary/aromatic N) is 3. The highest BCUT2D eigenvalue weighted by atomic mass is 35.5. The summed E-state index contributed by atoms with van der Waals surface area (Å²) in [5.74, 6) is -0.0746. The van der Waals surface area contributed by atoms with E-state index in [4.69, 9.17) is 16.3 Å². The third kappa shape index (κ3) is 6.31. The minimum Gasteiger partial charge on any atom is -0.444 e. The molecule has 4 aromatic rings. The zero-order valence-electron chi connectivity index (χ0n) is 22.1. The molecule has 0 aliphatic carbocycles. The van der Waals surface area contributed by atoms with E-state index in [9.17, 15) is 9.59 Å². The standard InChI is InChI=1S/C29H31ClN6O3/c1-29(2,3)39-28(38)36-13-7-8-18(17-36)26(37)33-19-9-6-10-20(14-19)34-27-32-16-23(30)25(35-27)22-15-31-24-12-5-4-11-21(22)24/h4-6,9-12,14-16,18,31H,7-8,13,17H2,1-3H3,(H,33,37)(H,32,34,35).